The molecular formula is C19H17N5O2S. The maximum atomic E-state index is 12.5. The van der Waals surface area contributed by atoms with Gasteiger partial charge in [0.1, 0.15) is 11.5 Å². The summed E-state index contributed by atoms with van der Waals surface area (Å²) in [6.45, 7) is 1.92. The number of amides is 1. The number of carbonyl (C=O) groups excluding carboxylic acids is 1. The molecule has 0 aliphatic carbocycles. The molecule has 1 aromatic carbocycles. The van der Waals surface area contributed by atoms with Crippen LogP contribution < -0.4 is 10.1 Å². The van der Waals surface area contributed by atoms with E-state index in [0.717, 1.165) is 21.6 Å². The van der Waals surface area contributed by atoms with Crippen molar-refractivity contribution in [2.45, 2.75) is 13.3 Å². The molecule has 4 rings (SSSR count). The number of hydrogen-bond acceptors (Lipinski definition) is 6. The number of carbonyl (C=O) groups is 1. The van der Waals surface area contributed by atoms with Crippen molar-refractivity contribution in [1.82, 2.24) is 19.7 Å². The normalized spacial score (nSPS) is 10.9. The number of benzene rings is 1. The van der Waals surface area contributed by atoms with E-state index >= 15 is 0 Å². The summed E-state index contributed by atoms with van der Waals surface area (Å²) in [6.07, 6.45) is 3.52. The van der Waals surface area contributed by atoms with Crippen molar-refractivity contribution in [3.8, 4) is 11.5 Å². The zero-order valence-corrected chi connectivity index (χ0v) is 15.7. The molecule has 0 spiro atoms. The van der Waals surface area contributed by atoms with Crippen LogP contribution in [-0.4, -0.2) is 25.7 Å². The van der Waals surface area contributed by atoms with Crippen LogP contribution in [0.25, 0.3) is 10.9 Å². The first kappa shape index (κ1) is 17.2. The van der Waals surface area contributed by atoms with Crippen molar-refractivity contribution >= 4 is 34.0 Å². The van der Waals surface area contributed by atoms with Gasteiger partial charge in [-0.1, -0.05) is 6.07 Å². The third-order valence-corrected chi connectivity index (χ3v) is 4.79. The predicted molar refractivity (Wildman–Crippen MR) is 104 cm³/mol. The Hall–Kier alpha value is -3.26. The van der Waals surface area contributed by atoms with Gasteiger partial charge in [0.2, 0.25) is 5.91 Å². The van der Waals surface area contributed by atoms with E-state index in [0.29, 0.717) is 17.3 Å². The molecule has 0 saturated heterocycles. The van der Waals surface area contributed by atoms with E-state index in [1.165, 1.54) is 11.3 Å². The molecule has 3 aromatic heterocycles. The predicted octanol–water partition coefficient (Wildman–Crippen LogP) is 3.71. The summed E-state index contributed by atoms with van der Waals surface area (Å²) in [7, 11) is 1.83. The monoisotopic (exact) mass is 379 g/mol. The maximum absolute atomic E-state index is 12.5. The zero-order chi connectivity index (χ0) is 18.8. The van der Waals surface area contributed by atoms with Crippen LogP contribution in [0.5, 0.6) is 11.5 Å². The van der Waals surface area contributed by atoms with Crippen molar-refractivity contribution in [3.63, 3.8) is 0 Å². The number of rotatable bonds is 5. The number of pyridine rings is 1. The number of hydrogen-bond donors (Lipinski definition) is 1. The topological polar surface area (TPSA) is 81.9 Å². The first-order valence-corrected chi connectivity index (χ1v) is 9.22. The van der Waals surface area contributed by atoms with Crippen molar-refractivity contribution in [1.29, 1.82) is 0 Å². The van der Waals surface area contributed by atoms with Gasteiger partial charge in [-0.05, 0) is 31.2 Å². The van der Waals surface area contributed by atoms with Crippen LogP contribution in [0.15, 0.2) is 48.1 Å². The second-order valence-electron chi connectivity index (χ2n) is 6.00. The standard InChI is InChI=1S/C19H17N5O2S/c1-12-21-13(11-27-12)9-17(25)22-19-18-15(24(2)23-19)6-3-7-16(18)26-14-5-4-8-20-10-14/h3-8,10-11H,9H2,1-2H3,(H,22,23,25). The number of ether oxygens (including phenoxy) is 1. The van der Waals surface area contributed by atoms with Crippen LogP contribution in [0.2, 0.25) is 0 Å². The lowest BCUT2D eigenvalue weighted by Crippen LogP contribution is -2.15. The molecule has 0 radical (unpaired) electrons. The molecule has 0 aliphatic heterocycles. The third-order valence-electron chi connectivity index (χ3n) is 3.97. The van der Waals surface area contributed by atoms with Crippen LogP contribution in [0, 0.1) is 6.92 Å². The second kappa shape index (κ2) is 7.16. The summed E-state index contributed by atoms with van der Waals surface area (Å²) in [6, 6.07) is 9.29. The molecule has 3 heterocycles. The van der Waals surface area contributed by atoms with Crippen molar-refractivity contribution in [2.24, 2.45) is 7.05 Å². The molecule has 136 valence electrons. The minimum Gasteiger partial charge on any atom is -0.455 e. The molecule has 7 nitrogen and oxygen atoms in total. The molecule has 0 unspecified atom stereocenters. The highest BCUT2D eigenvalue weighted by Gasteiger charge is 2.17. The van der Waals surface area contributed by atoms with E-state index in [2.05, 4.69) is 20.4 Å². The smallest absolute Gasteiger partial charge is 0.231 e. The number of thiazole rings is 1. The Morgan fingerprint density at radius 2 is 2.19 bits per heavy atom. The SMILES string of the molecule is Cc1nc(CC(=O)Nc2nn(C)c3cccc(Oc4cccnc4)c23)cs1. The summed E-state index contributed by atoms with van der Waals surface area (Å²) in [5.41, 5.74) is 1.61. The van der Waals surface area contributed by atoms with Crippen molar-refractivity contribution < 1.29 is 9.53 Å². The minimum atomic E-state index is -0.170. The molecule has 8 heteroatoms. The molecule has 1 amide bonds. The highest BCUT2D eigenvalue weighted by atomic mass is 32.1. The fourth-order valence-corrected chi connectivity index (χ4v) is 3.43. The summed E-state index contributed by atoms with van der Waals surface area (Å²) < 4.78 is 7.69. The van der Waals surface area contributed by atoms with Gasteiger partial charge in [-0.25, -0.2) is 4.98 Å². The number of aryl methyl sites for hydroxylation is 2. The Bertz CT molecular complexity index is 1100. The Kier molecular flexibility index (Phi) is 4.55. The van der Waals surface area contributed by atoms with Crippen LogP contribution in [0.4, 0.5) is 5.82 Å². The van der Waals surface area contributed by atoms with E-state index in [1.807, 2.05) is 43.6 Å². The average Bonchev–Trinajstić information content (AvgIpc) is 3.20. The Labute approximate surface area is 159 Å². The lowest BCUT2D eigenvalue weighted by Gasteiger charge is -2.08. The molecule has 4 aromatic rings. The Morgan fingerprint density at radius 3 is 2.93 bits per heavy atom. The zero-order valence-electron chi connectivity index (χ0n) is 14.8. The number of anilines is 1. The second-order valence-corrected chi connectivity index (χ2v) is 7.06. The highest BCUT2D eigenvalue weighted by Crippen LogP contribution is 2.34. The van der Waals surface area contributed by atoms with Gasteiger partial charge >= 0.3 is 0 Å². The minimum absolute atomic E-state index is 0.170. The summed E-state index contributed by atoms with van der Waals surface area (Å²) in [5.74, 6) is 1.51. The molecule has 0 saturated carbocycles. The summed E-state index contributed by atoms with van der Waals surface area (Å²) >= 11 is 1.53. The fourth-order valence-electron chi connectivity index (χ4n) is 2.82. The van der Waals surface area contributed by atoms with Gasteiger partial charge in [-0.3, -0.25) is 14.5 Å². The lowest BCUT2D eigenvalue weighted by molar-refractivity contribution is -0.115. The van der Waals surface area contributed by atoms with E-state index in [1.54, 1.807) is 23.1 Å². The first-order chi connectivity index (χ1) is 13.1. The number of nitrogens with one attached hydrogen (secondary N) is 1. The third kappa shape index (κ3) is 3.65. The number of aromatic nitrogens is 4. The van der Waals surface area contributed by atoms with Crippen LogP contribution >= 0.6 is 11.3 Å². The molecular weight excluding hydrogens is 362 g/mol. The molecule has 0 fully saturated rings. The summed E-state index contributed by atoms with van der Waals surface area (Å²) in [4.78, 5) is 20.9. The molecule has 0 atom stereocenters. The van der Waals surface area contributed by atoms with E-state index in [-0.39, 0.29) is 12.3 Å². The van der Waals surface area contributed by atoms with Crippen LogP contribution in [-0.2, 0) is 18.3 Å². The average molecular weight is 379 g/mol. The Balaban J connectivity index is 1.65. The lowest BCUT2D eigenvalue weighted by atomic mass is 10.2. The molecule has 0 bridgehead atoms. The molecule has 1 N–H and O–H groups in total. The van der Waals surface area contributed by atoms with Gasteiger partial charge in [-0.15, -0.1) is 11.3 Å². The number of nitrogens with zero attached hydrogens (tertiary/aromatic N) is 4. The van der Waals surface area contributed by atoms with E-state index in [4.69, 9.17) is 4.74 Å². The highest BCUT2D eigenvalue weighted by molar-refractivity contribution is 7.09. The Morgan fingerprint density at radius 1 is 1.30 bits per heavy atom. The van der Waals surface area contributed by atoms with Gasteiger partial charge in [0.25, 0.3) is 0 Å². The summed E-state index contributed by atoms with van der Waals surface area (Å²) in [5, 5.41) is 10.9. The van der Waals surface area contributed by atoms with Crippen molar-refractivity contribution in [2.75, 3.05) is 5.32 Å². The number of fused-ring (bicyclic) bond motifs is 1. The molecule has 27 heavy (non-hydrogen) atoms. The van der Waals surface area contributed by atoms with Gasteiger partial charge in [0, 0.05) is 18.6 Å². The quantitative estimate of drug-likeness (QED) is 0.572. The largest absolute Gasteiger partial charge is 0.455 e. The van der Waals surface area contributed by atoms with Gasteiger partial charge in [0.05, 0.1) is 34.2 Å². The van der Waals surface area contributed by atoms with Gasteiger partial charge in [0.15, 0.2) is 5.82 Å². The van der Waals surface area contributed by atoms with Crippen LogP contribution in [0.3, 0.4) is 0 Å². The van der Waals surface area contributed by atoms with Crippen molar-refractivity contribution in [3.05, 3.63) is 58.8 Å². The van der Waals surface area contributed by atoms with Gasteiger partial charge in [-0.2, -0.15) is 5.10 Å². The molecule has 0 aliphatic rings. The van der Waals surface area contributed by atoms with E-state index in [9.17, 15) is 4.79 Å². The van der Waals surface area contributed by atoms with E-state index < -0.39 is 0 Å². The van der Waals surface area contributed by atoms with Crippen LogP contribution in [0.1, 0.15) is 10.7 Å². The fraction of sp³-hybridized carbons (Fsp3) is 0.158. The van der Waals surface area contributed by atoms with Gasteiger partial charge < -0.3 is 10.1 Å². The maximum Gasteiger partial charge on any atom is 0.231 e. The first-order valence-electron chi connectivity index (χ1n) is 8.34.